The van der Waals surface area contributed by atoms with E-state index < -0.39 is 49.4 Å². The van der Waals surface area contributed by atoms with Crippen LogP contribution in [-0.4, -0.2) is 52.1 Å². The van der Waals surface area contributed by atoms with Crippen molar-refractivity contribution < 1.29 is 33.0 Å². The number of aryl methyl sites for hydroxylation is 1. The largest absolute Gasteiger partial charge is 0.464 e. The third-order valence-electron chi connectivity index (χ3n) is 6.36. The summed E-state index contributed by atoms with van der Waals surface area (Å²) in [4.78, 5) is 38.7. The lowest BCUT2D eigenvalue weighted by molar-refractivity contribution is -0.146. The Morgan fingerprint density at radius 1 is 1.26 bits per heavy atom. The second kappa shape index (κ2) is 13.3. The van der Waals surface area contributed by atoms with E-state index in [0.29, 0.717) is 5.56 Å². The molecule has 38 heavy (non-hydrogen) atoms. The number of esters is 1. The van der Waals surface area contributed by atoms with Crippen LogP contribution in [0.25, 0.3) is 0 Å². The van der Waals surface area contributed by atoms with E-state index in [9.17, 15) is 24.1 Å². The van der Waals surface area contributed by atoms with Gasteiger partial charge in [-0.25, -0.2) is 9.36 Å². The molecule has 0 radical (unpaired) electrons. The summed E-state index contributed by atoms with van der Waals surface area (Å²) in [5.74, 6) is -0.146. The molecule has 1 aliphatic heterocycles. The molecule has 3 N–H and O–H groups in total. The zero-order valence-corrected chi connectivity index (χ0v) is 22.9. The zero-order valence-electron chi connectivity index (χ0n) is 22.0. The highest BCUT2D eigenvalue weighted by atomic mass is 31.2. The number of nitrogens with zero attached hydrogens (tertiary/aromatic N) is 1. The number of rotatable bonds is 13. The van der Waals surface area contributed by atoms with Crippen molar-refractivity contribution in [3.63, 3.8) is 0 Å². The van der Waals surface area contributed by atoms with Gasteiger partial charge in [0.2, 0.25) is 0 Å². The molecule has 0 amide bonds. The number of hydrogen-bond donors (Lipinski definition) is 3. The van der Waals surface area contributed by atoms with Gasteiger partial charge in [-0.15, -0.1) is 0 Å². The van der Waals surface area contributed by atoms with E-state index in [2.05, 4.69) is 10.1 Å². The maximum Gasteiger partial charge on any atom is 0.459 e. The number of carbonyl (C=O) groups is 1. The highest BCUT2D eigenvalue weighted by Gasteiger charge is 2.39. The lowest BCUT2D eigenvalue weighted by Crippen LogP contribution is -2.37. The molecule has 3 rings (SSSR count). The molecule has 1 aromatic heterocycles. The predicted molar refractivity (Wildman–Crippen MR) is 139 cm³/mol. The number of aromatic amines is 1. The van der Waals surface area contributed by atoms with Crippen LogP contribution in [0.3, 0.4) is 0 Å². The first-order valence-corrected chi connectivity index (χ1v) is 14.2. The molecule has 1 aliphatic rings. The van der Waals surface area contributed by atoms with Crippen LogP contribution in [0.15, 0.2) is 46.1 Å². The fraction of sp³-hybridized carbons (Fsp3) is 0.560. The van der Waals surface area contributed by atoms with Gasteiger partial charge >= 0.3 is 19.4 Å². The number of para-hydroxylation sites is 1. The third-order valence-corrected chi connectivity index (χ3v) is 8.00. The Hall–Kier alpha value is -2.76. The number of carbonyl (C=O) groups excluding carboxylic acids is 1. The normalized spacial score (nSPS) is 21.7. The molecule has 2 aromatic rings. The van der Waals surface area contributed by atoms with Gasteiger partial charge < -0.3 is 19.1 Å². The standard InChI is InChI=1S/C25H36N3O9P/c1-5-18(6-2)14-34-24(31)17(4)27-38(33,37-19-10-8-7-9-11-19)35-15-21-20(29)12-22(36-21)28-13-16(3)23(30)26-25(28)32/h7-11,13,17-18,20-22,29H,5-6,12,14-15H2,1-4H3,(H,27,33)(H,26,30,32)/t17-,20-,21+,22+,38-/m0/s1. The molecule has 12 nitrogen and oxygen atoms in total. The van der Waals surface area contributed by atoms with Crippen molar-refractivity contribution in [3.05, 3.63) is 62.9 Å². The topological polar surface area (TPSA) is 158 Å². The molecule has 0 saturated carbocycles. The smallest absolute Gasteiger partial charge is 0.459 e. The summed E-state index contributed by atoms with van der Waals surface area (Å²) in [5.41, 5.74) is -0.889. The van der Waals surface area contributed by atoms with E-state index in [4.69, 9.17) is 18.5 Å². The van der Waals surface area contributed by atoms with E-state index in [-0.39, 0.29) is 31.3 Å². The van der Waals surface area contributed by atoms with Gasteiger partial charge in [-0.1, -0.05) is 44.9 Å². The second-order valence-electron chi connectivity index (χ2n) is 9.27. The van der Waals surface area contributed by atoms with Gasteiger partial charge in [0.25, 0.3) is 5.56 Å². The first kappa shape index (κ1) is 29.8. The lowest BCUT2D eigenvalue weighted by Gasteiger charge is -2.25. The molecule has 0 bridgehead atoms. The molecular formula is C25H36N3O9P. The van der Waals surface area contributed by atoms with Crippen LogP contribution < -0.4 is 20.9 Å². The Morgan fingerprint density at radius 2 is 1.95 bits per heavy atom. The maximum atomic E-state index is 13.7. The Bertz CT molecular complexity index is 1230. The van der Waals surface area contributed by atoms with E-state index in [1.807, 2.05) is 13.8 Å². The average Bonchev–Trinajstić information content (AvgIpc) is 3.26. The van der Waals surface area contributed by atoms with Crippen molar-refractivity contribution in [2.24, 2.45) is 5.92 Å². The zero-order chi connectivity index (χ0) is 27.9. The molecule has 1 fully saturated rings. The minimum absolute atomic E-state index is 0.0371. The van der Waals surface area contributed by atoms with Gasteiger partial charge in [-0.2, -0.15) is 5.09 Å². The maximum absolute atomic E-state index is 13.7. The number of aliphatic hydroxyl groups is 1. The number of H-pyrrole nitrogens is 1. The van der Waals surface area contributed by atoms with E-state index in [0.717, 1.165) is 12.8 Å². The SMILES string of the molecule is CCC(CC)COC(=O)[C@H](C)N[P@](=O)(OC[C@H]1O[C@@H](n2cc(C)c(=O)[nH]c2=O)C[C@@H]1O)Oc1ccccc1. The predicted octanol–water partition coefficient (Wildman–Crippen LogP) is 2.65. The van der Waals surface area contributed by atoms with Crippen LogP contribution >= 0.6 is 7.75 Å². The highest BCUT2D eigenvalue weighted by Crippen LogP contribution is 2.46. The minimum atomic E-state index is -4.17. The summed E-state index contributed by atoms with van der Waals surface area (Å²) in [7, 11) is -4.17. The van der Waals surface area contributed by atoms with Crippen LogP contribution in [0, 0.1) is 12.8 Å². The fourth-order valence-corrected chi connectivity index (χ4v) is 5.36. The number of ether oxygens (including phenoxy) is 2. The number of aromatic nitrogens is 2. The third kappa shape index (κ3) is 7.87. The number of nitrogens with one attached hydrogen (secondary N) is 2. The highest BCUT2D eigenvalue weighted by molar-refractivity contribution is 7.52. The van der Waals surface area contributed by atoms with E-state index in [1.54, 1.807) is 37.3 Å². The molecule has 0 unspecified atom stereocenters. The van der Waals surface area contributed by atoms with Crippen LogP contribution in [0.5, 0.6) is 5.75 Å². The molecule has 210 valence electrons. The monoisotopic (exact) mass is 553 g/mol. The molecular weight excluding hydrogens is 517 g/mol. The fourth-order valence-electron chi connectivity index (χ4n) is 3.86. The molecule has 1 saturated heterocycles. The first-order valence-electron chi connectivity index (χ1n) is 12.6. The second-order valence-corrected chi connectivity index (χ2v) is 11.0. The van der Waals surface area contributed by atoms with E-state index in [1.165, 1.54) is 17.7 Å². The van der Waals surface area contributed by atoms with Gasteiger partial charge in [0.05, 0.1) is 19.3 Å². The van der Waals surface area contributed by atoms with Crippen molar-refractivity contribution >= 4 is 13.7 Å². The Kier molecular flexibility index (Phi) is 10.5. The first-order chi connectivity index (χ1) is 18.0. The summed E-state index contributed by atoms with van der Waals surface area (Å²) in [5, 5.41) is 13.2. The van der Waals surface area contributed by atoms with E-state index >= 15 is 0 Å². The number of benzene rings is 1. The van der Waals surface area contributed by atoms with Crippen molar-refractivity contribution in [2.45, 2.75) is 71.4 Å². The molecule has 5 atom stereocenters. The molecule has 0 aliphatic carbocycles. The van der Waals surface area contributed by atoms with Gasteiger partial charge in [0.15, 0.2) is 0 Å². The van der Waals surface area contributed by atoms with Crippen LogP contribution in [0.2, 0.25) is 0 Å². The van der Waals surface area contributed by atoms with Crippen LogP contribution in [0.4, 0.5) is 0 Å². The number of aliphatic hydroxyl groups excluding tert-OH is 1. The van der Waals surface area contributed by atoms with Crippen molar-refractivity contribution in [1.82, 2.24) is 14.6 Å². The molecule has 0 spiro atoms. The summed E-state index contributed by atoms with van der Waals surface area (Å²) in [6, 6.07) is 7.26. The number of hydrogen-bond acceptors (Lipinski definition) is 9. The van der Waals surface area contributed by atoms with Crippen molar-refractivity contribution in [3.8, 4) is 5.75 Å². The van der Waals surface area contributed by atoms with Gasteiger partial charge in [-0.05, 0) is 31.9 Å². The van der Waals surface area contributed by atoms with Crippen LogP contribution in [0.1, 0.15) is 51.8 Å². The molecule has 13 heteroatoms. The lowest BCUT2D eigenvalue weighted by atomic mass is 10.1. The summed E-state index contributed by atoms with van der Waals surface area (Å²) in [6.07, 6.45) is 0.205. The van der Waals surface area contributed by atoms with Gasteiger partial charge in [-0.3, -0.25) is 23.7 Å². The Labute approximate surface area is 220 Å². The average molecular weight is 554 g/mol. The van der Waals surface area contributed by atoms with Gasteiger partial charge in [0, 0.05) is 18.2 Å². The Morgan fingerprint density at radius 3 is 2.61 bits per heavy atom. The molecule has 2 heterocycles. The summed E-state index contributed by atoms with van der Waals surface area (Å²) in [6.45, 7) is 6.93. The Balaban J connectivity index is 1.70. The van der Waals surface area contributed by atoms with Crippen LogP contribution in [-0.2, 0) is 23.4 Å². The van der Waals surface area contributed by atoms with Crippen molar-refractivity contribution in [2.75, 3.05) is 13.2 Å². The minimum Gasteiger partial charge on any atom is -0.464 e. The summed E-state index contributed by atoms with van der Waals surface area (Å²) < 4.78 is 37.3. The van der Waals surface area contributed by atoms with Crippen molar-refractivity contribution in [1.29, 1.82) is 0 Å². The summed E-state index contributed by atoms with van der Waals surface area (Å²) >= 11 is 0. The molecule has 1 aromatic carbocycles. The quantitative estimate of drug-likeness (QED) is 0.249. The van der Waals surface area contributed by atoms with Gasteiger partial charge in [0.1, 0.15) is 24.1 Å².